The Kier molecular flexibility index (Phi) is 4.39. The van der Waals surface area contributed by atoms with E-state index in [1.54, 1.807) is 11.3 Å². The van der Waals surface area contributed by atoms with Gasteiger partial charge >= 0.3 is 0 Å². The van der Waals surface area contributed by atoms with Crippen LogP contribution < -0.4 is 0 Å². The Morgan fingerprint density at radius 3 is 2.86 bits per heavy atom. The first-order valence-corrected chi connectivity index (χ1v) is 8.55. The highest BCUT2D eigenvalue weighted by Gasteiger charge is 2.25. The van der Waals surface area contributed by atoms with Crippen LogP contribution in [0.3, 0.4) is 0 Å². The second kappa shape index (κ2) is 6.44. The van der Waals surface area contributed by atoms with E-state index in [1.165, 1.54) is 11.3 Å². The molecule has 0 spiro atoms. The molecule has 21 heavy (non-hydrogen) atoms. The van der Waals surface area contributed by atoms with Gasteiger partial charge in [-0.1, -0.05) is 24.3 Å². The van der Waals surface area contributed by atoms with Crippen LogP contribution in [0.1, 0.15) is 47.0 Å². The van der Waals surface area contributed by atoms with Crippen LogP contribution in [-0.4, -0.2) is 23.4 Å². The molecule has 2 heterocycles. The predicted octanol–water partition coefficient (Wildman–Crippen LogP) is 4.35. The van der Waals surface area contributed by atoms with Gasteiger partial charge < -0.3 is 4.90 Å². The summed E-state index contributed by atoms with van der Waals surface area (Å²) in [6.45, 7) is 3.06. The highest BCUT2D eigenvalue weighted by molar-refractivity contribution is 7.09. The molecule has 1 amide bonds. The number of benzene rings is 1. The number of hydrogen-bond acceptors (Lipinski definition) is 2. The first-order chi connectivity index (χ1) is 10.3. The van der Waals surface area contributed by atoms with Crippen molar-refractivity contribution in [3.63, 3.8) is 0 Å². The molecular formula is C18H21NOS. The number of thiophene rings is 1. The summed E-state index contributed by atoms with van der Waals surface area (Å²) in [6, 6.07) is 12.6. The lowest BCUT2D eigenvalue weighted by Gasteiger charge is -2.34. The number of amides is 1. The second-order valence-electron chi connectivity index (χ2n) is 5.76. The predicted molar refractivity (Wildman–Crippen MR) is 87.9 cm³/mol. The van der Waals surface area contributed by atoms with E-state index >= 15 is 0 Å². The lowest BCUT2D eigenvalue weighted by molar-refractivity contribution is 0.0634. The van der Waals surface area contributed by atoms with Crippen molar-refractivity contribution < 1.29 is 4.79 Å². The van der Waals surface area contributed by atoms with Crippen molar-refractivity contribution >= 4 is 17.2 Å². The summed E-state index contributed by atoms with van der Waals surface area (Å²) in [7, 11) is 0. The summed E-state index contributed by atoms with van der Waals surface area (Å²) in [4.78, 5) is 16.2. The molecule has 0 bridgehead atoms. The Labute approximate surface area is 130 Å². The Balaban J connectivity index is 1.85. The first kappa shape index (κ1) is 14.3. The van der Waals surface area contributed by atoms with Gasteiger partial charge in [-0.05, 0) is 49.3 Å². The number of carbonyl (C=O) groups is 1. The molecule has 1 saturated heterocycles. The van der Waals surface area contributed by atoms with Gasteiger partial charge in [0, 0.05) is 29.4 Å². The summed E-state index contributed by atoms with van der Waals surface area (Å²) in [5.41, 5.74) is 2.02. The van der Waals surface area contributed by atoms with Crippen molar-refractivity contribution in [3.8, 4) is 0 Å². The molecule has 1 aromatic heterocycles. The summed E-state index contributed by atoms with van der Waals surface area (Å²) in [5.74, 6) is 0.203. The van der Waals surface area contributed by atoms with E-state index in [9.17, 15) is 4.79 Å². The van der Waals surface area contributed by atoms with Crippen molar-refractivity contribution in [1.29, 1.82) is 0 Å². The number of rotatable bonds is 3. The lowest BCUT2D eigenvalue weighted by atomic mass is 9.99. The van der Waals surface area contributed by atoms with E-state index in [0.717, 1.165) is 36.9 Å². The Hall–Kier alpha value is -1.61. The van der Waals surface area contributed by atoms with E-state index in [-0.39, 0.29) is 5.91 Å². The smallest absolute Gasteiger partial charge is 0.254 e. The maximum absolute atomic E-state index is 12.9. The molecule has 0 saturated carbocycles. The fourth-order valence-corrected chi connectivity index (χ4v) is 3.77. The molecule has 3 rings (SSSR count). The summed E-state index contributed by atoms with van der Waals surface area (Å²) < 4.78 is 0. The highest BCUT2D eigenvalue weighted by Crippen LogP contribution is 2.23. The van der Waals surface area contributed by atoms with Crippen molar-refractivity contribution in [2.45, 2.75) is 38.6 Å². The molecule has 110 valence electrons. The Morgan fingerprint density at radius 1 is 1.24 bits per heavy atom. The Morgan fingerprint density at radius 2 is 2.10 bits per heavy atom. The van der Waals surface area contributed by atoms with Crippen molar-refractivity contribution in [2.24, 2.45) is 0 Å². The molecule has 2 aromatic rings. The number of likely N-dealkylation sites (tertiary alicyclic amines) is 1. The number of nitrogens with zero attached hydrogens (tertiary/aromatic N) is 1. The van der Waals surface area contributed by atoms with Gasteiger partial charge in [0.2, 0.25) is 0 Å². The quantitative estimate of drug-likeness (QED) is 0.825. The maximum Gasteiger partial charge on any atom is 0.254 e. The summed E-state index contributed by atoms with van der Waals surface area (Å²) in [6.07, 6.45) is 4.34. The van der Waals surface area contributed by atoms with Crippen LogP contribution in [0.25, 0.3) is 0 Å². The fourth-order valence-electron chi connectivity index (χ4n) is 3.04. The topological polar surface area (TPSA) is 20.3 Å². The zero-order chi connectivity index (χ0) is 14.7. The molecule has 0 N–H and O–H groups in total. The molecule has 0 aliphatic carbocycles. The third-order valence-corrected chi connectivity index (χ3v) is 5.13. The largest absolute Gasteiger partial charge is 0.336 e. The zero-order valence-electron chi connectivity index (χ0n) is 12.4. The molecule has 3 heteroatoms. The minimum atomic E-state index is 0.203. The summed E-state index contributed by atoms with van der Waals surface area (Å²) >= 11 is 1.75. The first-order valence-electron chi connectivity index (χ1n) is 7.67. The third-order valence-electron chi connectivity index (χ3n) is 4.26. The highest BCUT2D eigenvalue weighted by atomic mass is 32.1. The van der Waals surface area contributed by atoms with Gasteiger partial charge in [0.15, 0.2) is 0 Å². The number of piperidine rings is 1. The van der Waals surface area contributed by atoms with Gasteiger partial charge in [-0.15, -0.1) is 11.3 Å². The minimum Gasteiger partial charge on any atom is -0.336 e. The average Bonchev–Trinajstić information content (AvgIpc) is 3.01. The normalized spacial score (nSPS) is 18.7. The van der Waals surface area contributed by atoms with Crippen LogP contribution in [0.15, 0.2) is 41.8 Å². The standard InChI is InChI=1S/C18H21NOS/c1-14-7-4-5-11-19(14)18(20)17-10-3-2-8-15(17)13-16-9-6-12-21-16/h2-3,6,8-10,12,14H,4-5,7,11,13H2,1H3. The molecule has 1 atom stereocenters. The monoisotopic (exact) mass is 299 g/mol. The van der Waals surface area contributed by atoms with E-state index in [1.807, 2.05) is 18.2 Å². The maximum atomic E-state index is 12.9. The zero-order valence-corrected chi connectivity index (χ0v) is 13.2. The number of carbonyl (C=O) groups excluding carboxylic acids is 1. The fraction of sp³-hybridized carbons (Fsp3) is 0.389. The van der Waals surface area contributed by atoms with Crippen LogP contribution in [0.5, 0.6) is 0 Å². The van der Waals surface area contributed by atoms with E-state index in [0.29, 0.717) is 6.04 Å². The molecule has 1 unspecified atom stereocenters. The van der Waals surface area contributed by atoms with Crippen LogP contribution in [0, 0.1) is 0 Å². The van der Waals surface area contributed by atoms with Gasteiger partial charge in [-0.2, -0.15) is 0 Å². The minimum absolute atomic E-state index is 0.203. The van der Waals surface area contributed by atoms with Crippen molar-refractivity contribution in [1.82, 2.24) is 4.90 Å². The molecular weight excluding hydrogens is 278 g/mol. The van der Waals surface area contributed by atoms with Gasteiger partial charge in [0.05, 0.1) is 0 Å². The van der Waals surface area contributed by atoms with Crippen LogP contribution in [0.2, 0.25) is 0 Å². The third kappa shape index (κ3) is 3.18. The van der Waals surface area contributed by atoms with E-state index < -0.39 is 0 Å². The van der Waals surface area contributed by atoms with E-state index in [2.05, 4.69) is 35.4 Å². The molecule has 1 fully saturated rings. The molecule has 1 aromatic carbocycles. The number of hydrogen-bond donors (Lipinski definition) is 0. The van der Waals surface area contributed by atoms with Crippen LogP contribution in [-0.2, 0) is 6.42 Å². The van der Waals surface area contributed by atoms with Crippen molar-refractivity contribution in [2.75, 3.05) is 6.54 Å². The lowest BCUT2D eigenvalue weighted by Crippen LogP contribution is -2.42. The van der Waals surface area contributed by atoms with Crippen molar-refractivity contribution in [3.05, 3.63) is 57.8 Å². The van der Waals surface area contributed by atoms with Gasteiger partial charge in [-0.25, -0.2) is 0 Å². The summed E-state index contributed by atoms with van der Waals surface area (Å²) in [5, 5.41) is 2.09. The van der Waals surface area contributed by atoms with Gasteiger partial charge in [0.1, 0.15) is 0 Å². The SMILES string of the molecule is CC1CCCCN1C(=O)c1ccccc1Cc1cccs1. The molecule has 1 aliphatic rings. The van der Waals surface area contributed by atoms with Gasteiger partial charge in [0.25, 0.3) is 5.91 Å². The molecule has 2 nitrogen and oxygen atoms in total. The van der Waals surface area contributed by atoms with Gasteiger partial charge in [-0.3, -0.25) is 4.79 Å². The molecule has 0 radical (unpaired) electrons. The average molecular weight is 299 g/mol. The molecule has 1 aliphatic heterocycles. The Bertz CT molecular complexity index is 605. The van der Waals surface area contributed by atoms with Crippen LogP contribution in [0.4, 0.5) is 0 Å². The van der Waals surface area contributed by atoms with E-state index in [4.69, 9.17) is 0 Å². The second-order valence-corrected chi connectivity index (χ2v) is 6.79. The van der Waals surface area contributed by atoms with Crippen LogP contribution >= 0.6 is 11.3 Å².